The minimum absolute atomic E-state index is 0.0464. The smallest absolute Gasteiger partial charge is 0.328 e. The molecule has 0 heterocycles. The van der Waals surface area contributed by atoms with Gasteiger partial charge >= 0.3 is 5.97 Å². The van der Waals surface area contributed by atoms with Gasteiger partial charge in [0.15, 0.2) is 0 Å². The Bertz CT molecular complexity index is 591. The van der Waals surface area contributed by atoms with Crippen LogP contribution < -0.4 is 10.2 Å². The molecule has 8 heteroatoms. The van der Waals surface area contributed by atoms with Crippen molar-refractivity contribution in [3.8, 4) is 5.75 Å². The Morgan fingerprint density at radius 2 is 1.88 bits per heavy atom. The zero-order valence-electron chi connectivity index (χ0n) is 13.9. The van der Waals surface area contributed by atoms with E-state index in [1.165, 1.54) is 43.0 Å². The predicted molar refractivity (Wildman–Crippen MR) is 93.1 cm³/mol. The van der Waals surface area contributed by atoms with Crippen LogP contribution in [0.5, 0.6) is 5.75 Å². The number of esters is 1. The number of anilines is 1. The van der Waals surface area contributed by atoms with Crippen LogP contribution in [0.25, 0.3) is 0 Å². The van der Waals surface area contributed by atoms with Gasteiger partial charge in [-0.2, -0.15) is 12.6 Å². The van der Waals surface area contributed by atoms with Crippen LogP contribution in [0.4, 0.5) is 5.69 Å². The van der Waals surface area contributed by atoms with Crippen molar-refractivity contribution in [2.24, 2.45) is 0 Å². The van der Waals surface area contributed by atoms with Crippen molar-refractivity contribution in [1.29, 1.82) is 0 Å². The van der Waals surface area contributed by atoms with E-state index in [4.69, 9.17) is 4.74 Å². The number of ether oxygens (including phenoxy) is 1. The van der Waals surface area contributed by atoms with E-state index in [0.29, 0.717) is 5.69 Å². The SMILES string of the molecule is CCOC(=O)[C@H](C)NC(=O)[C@H](CS)N(C(C)=O)c1ccc(O)cc1. The summed E-state index contributed by atoms with van der Waals surface area (Å²) < 4.78 is 4.84. The molecule has 0 unspecified atom stereocenters. The molecule has 0 radical (unpaired) electrons. The lowest BCUT2D eigenvalue weighted by Crippen LogP contribution is -2.53. The lowest BCUT2D eigenvalue weighted by atomic mass is 10.2. The van der Waals surface area contributed by atoms with Crippen molar-refractivity contribution in [3.63, 3.8) is 0 Å². The molecule has 1 aromatic rings. The fourth-order valence-corrected chi connectivity index (χ4v) is 2.44. The van der Waals surface area contributed by atoms with E-state index in [1.807, 2.05) is 0 Å². The van der Waals surface area contributed by atoms with Gasteiger partial charge in [-0.25, -0.2) is 4.79 Å². The van der Waals surface area contributed by atoms with Gasteiger partial charge in [0.1, 0.15) is 17.8 Å². The van der Waals surface area contributed by atoms with E-state index in [9.17, 15) is 19.5 Å². The topological polar surface area (TPSA) is 95.9 Å². The van der Waals surface area contributed by atoms with Crippen LogP contribution in [0.1, 0.15) is 20.8 Å². The average molecular weight is 354 g/mol. The van der Waals surface area contributed by atoms with Crippen LogP contribution in [0.2, 0.25) is 0 Å². The van der Waals surface area contributed by atoms with Crippen molar-refractivity contribution in [2.75, 3.05) is 17.3 Å². The Hall–Kier alpha value is -2.22. The minimum Gasteiger partial charge on any atom is -0.508 e. The highest BCUT2D eigenvalue weighted by Crippen LogP contribution is 2.21. The van der Waals surface area contributed by atoms with Crippen molar-refractivity contribution >= 4 is 36.1 Å². The molecule has 2 amide bonds. The van der Waals surface area contributed by atoms with Crippen molar-refractivity contribution in [2.45, 2.75) is 32.9 Å². The minimum atomic E-state index is -0.910. The second-order valence-corrected chi connectivity index (χ2v) is 5.45. The van der Waals surface area contributed by atoms with Crippen LogP contribution in [0, 0.1) is 0 Å². The van der Waals surface area contributed by atoms with Crippen LogP contribution in [0.3, 0.4) is 0 Å². The molecule has 24 heavy (non-hydrogen) atoms. The summed E-state index contributed by atoms with van der Waals surface area (Å²) in [5.41, 5.74) is 0.443. The standard InChI is InChI=1S/C16H22N2O5S/c1-4-23-16(22)10(2)17-15(21)14(9-24)18(11(3)19)12-5-7-13(20)8-6-12/h5-8,10,14,20,24H,4,9H2,1-3H3,(H,17,21)/t10-,14-/m0/s1. The molecule has 2 atom stereocenters. The van der Waals surface area contributed by atoms with Gasteiger partial charge < -0.3 is 15.2 Å². The summed E-state index contributed by atoms with van der Waals surface area (Å²) in [6.45, 7) is 4.71. The van der Waals surface area contributed by atoms with Gasteiger partial charge in [-0.15, -0.1) is 0 Å². The van der Waals surface area contributed by atoms with Crippen LogP contribution in [-0.2, 0) is 19.1 Å². The lowest BCUT2D eigenvalue weighted by Gasteiger charge is -2.29. The third-order valence-electron chi connectivity index (χ3n) is 3.25. The third-order valence-corrected chi connectivity index (χ3v) is 3.60. The molecule has 1 aromatic carbocycles. The number of rotatable bonds is 7. The van der Waals surface area contributed by atoms with E-state index in [1.54, 1.807) is 6.92 Å². The molecule has 2 N–H and O–H groups in total. The number of hydrogen-bond donors (Lipinski definition) is 3. The highest BCUT2D eigenvalue weighted by Gasteiger charge is 2.30. The molecule has 0 fully saturated rings. The number of thiol groups is 1. The highest BCUT2D eigenvalue weighted by atomic mass is 32.1. The molecule has 0 saturated carbocycles. The van der Waals surface area contributed by atoms with Gasteiger partial charge in [-0.1, -0.05) is 0 Å². The second-order valence-electron chi connectivity index (χ2n) is 5.09. The maximum absolute atomic E-state index is 12.5. The number of benzene rings is 1. The Morgan fingerprint density at radius 3 is 2.33 bits per heavy atom. The van der Waals surface area contributed by atoms with Crippen LogP contribution >= 0.6 is 12.6 Å². The molecule has 0 aliphatic carbocycles. The zero-order valence-corrected chi connectivity index (χ0v) is 14.7. The zero-order chi connectivity index (χ0) is 18.3. The number of phenolic OH excluding ortho intramolecular Hbond substituents is 1. The molecule has 7 nitrogen and oxygen atoms in total. The molecule has 0 spiro atoms. The summed E-state index contributed by atoms with van der Waals surface area (Å²) in [7, 11) is 0. The molecule has 0 saturated heterocycles. The van der Waals surface area contributed by atoms with Crippen LogP contribution in [0.15, 0.2) is 24.3 Å². The van der Waals surface area contributed by atoms with Crippen LogP contribution in [-0.4, -0.2) is 47.3 Å². The fourth-order valence-electron chi connectivity index (χ4n) is 2.11. The number of nitrogens with zero attached hydrogens (tertiary/aromatic N) is 1. The first-order chi connectivity index (χ1) is 11.3. The number of hydrogen-bond acceptors (Lipinski definition) is 6. The normalized spacial score (nSPS) is 12.8. The molecule has 1 rings (SSSR count). The molecular weight excluding hydrogens is 332 g/mol. The molecule has 0 aliphatic heterocycles. The first-order valence-electron chi connectivity index (χ1n) is 7.48. The van der Waals surface area contributed by atoms with Gasteiger partial charge in [0.25, 0.3) is 0 Å². The molecule has 132 valence electrons. The number of aromatic hydroxyl groups is 1. The third kappa shape index (κ3) is 5.16. The Balaban J connectivity index is 2.98. The lowest BCUT2D eigenvalue weighted by molar-refractivity contribution is -0.146. The quantitative estimate of drug-likeness (QED) is 0.504. The van der Waals surface area contributed by atoms with Gasteiger partial charge in [-0.3, -0.25) is 14.5 Å². The molecular formula is C16H22N2O5S. The van der Waals surface area contributed by atoms with Crippen molar-refractivity contribution in [1.82, 2.24) is 5.32 Å². The molecule has 0 bridgehead atoms. The number of amides is 2. The fraction of sp³-hybridized carbons (Fsp3) is 0.438. The van der Waals surface area contributed by atoms with E-state index >= 15 is 0 Å². The predicted octanol–water partition coefficient (Wildman–Crippen LogP) is 1.11. The van der Waals surface area contributed by atoms with Crippen molar-refractivity contribution < 1.29 is 24.2 Å². The number of phenols is 1. The van der Waals surface area contributed by atoms with E-state index in [-0.39, 0.29) is 24.0 Å². The Labute approximate surface area is 146 Å². The monoisotopic (exact) mass is 354 g/mol. The van der Waals surface area contributed by atoms with Gasteiger partial charge in [-0.05, 0) is 38.1 Å². The largest absolute Gasteiger partial charge is 0.508 e. The summed E-state index contributed by atoms with van der Waals surface area (Å²) >= 11 is 4.15. The number of nitrogens with one attached hydrogen (secondary N) is 1. The second kappa shape index (κ2) is 9.17. The number of carbonyl (C=O) groups excluding carboxylic acids is 3. The van der Waals surface area contributed by atoms with E-state index in [0.717, 1.165) is 0 Å². The average Bonchev–Trinajstić information content (AvgIpc) is 2.53. The molecule has 0 aromatic heterocycles. The Kier molecular flexibility index (Phi) is 7.57. The van der Waals surface area contributed by atoms with Crippen molar-refractivity contribution in [3.05, 3.63) is 24.3 Å². The van der Waals surface area contributed by atoms with E-state index in [2.05, 4.69) is 17.9 Å². The maximum atomic E-state index is 12.5. The first-order valence-corrected chi connectivity index (χ1v) is 8.11. The van der Waals surface area contributed by atoms with Gasteiger partial charge in [0, 0.05) is 18.4 Å². The van der Waals surface area contributed by atoms with Gasteiger partial charge in [0.05, 0.1) is 6.61 Å². The maximum Gasteiger partial charge on any atom is 0.328 e. The van der Waals surface area contributed by atoms with Gasteiger partial charge in [0.2, 0.25) is 11.8 Å². The summed E-state index contributed by atoms with van der Waals surface area (Å²) in [6, 6.07) is 4.13. The summed E-state index contributed by atoms with van der Waals surface area (Å²) in [4.78, 5) is 37.4. The highest BCUT2D eigenvalue weighted by molar-refractivity contribution is 7.80. The Morgan fingerprint density at radius 1 is 1.29 bits per heavy atom. The van der Waals surface area contributed by atoms with E-state index < -0.39 is 24.0 Å². The molecule has 0 aliphatic rings. The number of carbonyl (C=O) groups is 3. The summed E-state index contributed by atoms with van der Waals surface area (Å²) in [5, 5.41) is 11.9. The summed E-state index contributed by atoms with van der Waals surface area (Å²) in [6.07, 6.45) is 0. The first kappa shape index (κ1) is 19.8. The summed E-state index contributed by atoms with van der Waals surface area (Å²) in [5.74, 6) is -1.33.